The zero-order chi connectivity index (χ0) is 25.2. The van der Waals surface area contributed by atoms with Crippen LogP contribution in [0.3, 0.4) is 0 Å². The lowest BCUT2D eigenvalue weighted by Gasteiger charge is -2.16. The minimum absolute atomic E-state index is 0.112. The van der Waals surface area contributed by atoms with Gasteiger partial charge in [-0.1, -0.05) is 35.0 Å². The van der Waals surface area contributed by atoms with E-state index in [1.807, 2.05) is 18.2 Å². The molecule has 0 unspecified atom stereocenters. The number of aromatic nitrogens is 1. The number of anilines is 1. The molecule has 9 heteroatoms. The number of amides is 1. The van der Waals surface area contributed by atoms with Crippen LogP contribution in [0.25, 0.3) is 6.08 Å². The van der Waals surface area contributed by atoms with Gasteiger partial charge in [-0.3, -0.25) is 4.79 Å². The number of benzene rings is 2. The first-order valence-electron chi connectivity index (χ1n) is 10.6. The summed E-state index contributed by atoms with van der Waals surface area (Å²) in [6, 6.07) is 14.1. The van der Waals surface area contributed by atoms with Crippen LogP contribution in [-0.2, 0) is 11.2 Å². The number of hydrogen-bond acceptors (Lipinski definition) is 7. The summed E-state index contributed by atoms with van der Waals surface area (Å²) in [4.78, 5) is 12.5. The number of para-hydroxylation sites is 1. The normalized spacial score (nSPS) is 10.9. The molecule has 0 aliphatic heterocycles. The van der Waals surface area contributed by atoms with Gasteiger partial charge in [-0.25, -0.2) is 0 Å². The lowest BCUT2D eigenvalue weighted by molar-refractivity contribution is -0.112. The molecule has 0 radical (unpaired) electrons. The van der Waals surface area contributed by atoms with Crippen LogP contribution in [0, 0.1) is 18.3 Å². The third kappa shape index (κ3) is 6.88. The summed E-state index contributed by atoms with van der Waals surface area (Å²) in [5.74, 6) is 1.68. The maximum Gasteiger partial charge on any atom is 0.267 e. The Bertz CT molecular complexity index is 1280. The van der Waals surface area contributed by atoms with Crippen LogP contribution in [0.15, 0.2) is 65.2 Å². The van der Waals surface area contributed by atoms with Crippen molar-refractivity contribution in [2.75, 3.05) is 25.6 Å². The topological polar surface area (TPSA) is 107 Å². The van der Waals surface area contributed by atoms with Crippen LogP contribution in [-0.4, -0.2) is 31.4 Å². The quantitative estimate of drug-likeness (QED) is 0.165. The molecule has 1 amide bonds. The van der Waals surface area contributed by atoms with E-state index in [4.69, 9.17) is 30.3 Å². The van der Waals surface area contributed by atoms with Crippen molar-refractivity contribution < 1.29 is 23.5 Å². The summed E-state index contributed by atoms with van der Waals surface area (Å²) in [5, 5.41) is 16.3. The van der Waals surface area contributed by atoms with E-state index < -0.39 is 5.91 Å². The molecule has 35 heavy (non-hydrogen) atoms. The molecule has 180 valence electrons. The number of nitrogens with one attached hydrogen (secondary N) is 1. The summed E-state index contributed by atoms with van der Waals surface area (Å²) < 4.78 is 22.1. The largest absolute Gasteiger partial charge is 0.493 e. The van der Waals surface area contributed by atoms with Gasteiger partial charge in [0.15, 0.2) is 17.3 Å². The molecule has 2 aromatic carbocycles. The van der Waals surface area contributed by atoms with E-state index in [-0.39, 0.29) is 24.6 Å². The van der Waals surface area contributed by atoms with Crippen molar-refractivity contribution in [3.63, 3.8) is 0 Å². The monoisotopic (exact) mass is 493 g/mol. The molecule has 0 spiro atoms. The first kappa shape index (κ1) is 25.4. The van der Waals surface area contributed by atoms with Gasteiger partial charge in [0.25, 0.3) is 5.91 Å². The number of methoxy groups -OCH3 is 1. The summed E-state index contributed by atoms with van der Waals surface area (Å²) in [6.07, 6.45) is 3.66. The van der Waals surface area contributed by atoms with Gasteiger partial charge < -0.3 is 24.1 Å². The highest BCUT2D eigenvalue weighted by molar-refractivity contribution is 6.32. The summed E-state index contributed by atoms with van der Waals surface area (Å²) >= 11 is 6.11. The zero-order valence-corrected chi connectivity index (χ0v) is 20.1. The standard InChI is InChI=1S/C26H24ClN3O5/c1-4-7-19-13-18(14-20(16-28)26(31)29-24-12-17(2)35-30-24)15-23(32-3)25(19)34-11-10-33-22-9-6-5-8-21(22)27/h4-6,8-9,12-15H,1,7,10-11H2,2-3H3,(H,29,30,31)/b20-14-. The first-order chi connectivity index (χ1) is 16.9. The molecular weight excluding hydrogens is 470 g/mol. The van der Waals surface area contributed by atoms with E-state index in [0.717, 1.165) is 5.56 Å². The van der Waals surface area contributed by atoms with Crippen molar-refractivity contribution in [1.82, 2.24) is 5.16 Å². The van der Waals surface area contributed by atoms with Crippen LogP contribution < -0.4 is 19.5 Å². The molecule has 1 aromatic heterocycles. The fraction of sp³-hybridized carbons (Fsp3) is 0.192. The fourth-order valence-electron chi connectivity index (χ4n) is 3.17. The number of carbonyl (C=O) groups is 1. The Labute approximate surface area is 208 Å². The number of rotatable bonds is 11. The van der Waals surface area contributed by atoms with E-state index in [1.54, 1.807) is 43.3 Å². The Morgan fingerprint density at radius 3 is 2.66 bits per heavy atom. The number of allylic oxidation sites excluding steroid dienone is 1. The van der Waals surface area contributed by atoms with E-state index in [9.17, 15) is 10.1 Å². The molecule has 0 bridgehead atoms. The number of aryl methyl sites for hydroxylation is 1. The highest BCUT2D eigenvalue weighted by Crippen LogP contribution is 2.34. The zero-order valence-electron chi connectivity index (χ0n) is 19.3. The minimum atomic E-state index is -0.609. The van der Waals surface area contributed by atoms with E-state index >= 15 is 0 Å². The predicted octanol–water partition coefficient (Wildman–Crippen LogP) is 5.38. The van der Waals surface area contributed by atoms with Gasteiger partial charge in [-0.05, 0) is 49.2 Å². The second kappa shape index (κ2) is 12.3. The Morgan fingerprint density at radius 2 is 2.00 bits per heavy atom. The minimum Gasteiger partial charge on any atom is -0.493 e. The van der Waals surface area contributed by atoms with Crippen molar-refractivity contribution in [1.29, 1.82) is 5.26 Å². The SMILES string of the molecule is C=CCc1cc(/C=C(/C#N)C(=O)Nc2cc(C)on2)cc(OC)c1OCCOc1ccccc1Cl. The number of nitriles is 1. The summed E-state index contributed by atoms with van der Waals surface area (Å²) in [7, 11) is 1.51. The van der Waals surface area contributed by atoms with E-state index in [0.29, 0.717) is 40.0 Å². The average Bonchev–Trinajstić information content (AvgIpc) is 3.26. The molecule has 8 nitrogen and oxygen atoms in total. The lowest BCUT2D eigenvalue weighted by atomic mass is 10.0. The van der Waals surface area contributed by atoms with Crippen molar-refractivity contribution in [2.24, 2.45) is 0 Å². The van der Waals surface area contributed by atoms with Crippen LogP contribution in [0.2, 0.25) is 5.02 Å². The van der Waals surface area contributed by atoms with Gasteiger partial charge in [0.2, 0.25) is 0 Å². The Balaban J connectivity index is 1.78. The molecule has 1 N–H and O–H groups in total. The number of nitrogens with zero attached hydrogens (tertiary/aromatic N) is 2. The lowest BCUT2D eigenvalue weighted by Crippen LogP contribution is -2.13. The summed E-state index contributed by atoms with van der Waals surface area (Å²) in [6.45, 7) is 6.00. The molecule has 0 aliphatic carbocycles. The number of ether oxygens (including phenoxy) is 3. The van der Waals surface area contributed by atoms with Gasteiger partial charge in [-0.2, -0.15) is 5.26 Å². The fourth-order valence-corrected chi connectivity index (χ4v) is 3.36. The van der Waals surface area contributed by atoms with Crippen LogP contribution in [0.5, 0.6) is 17.2 Å². The van der Waals surface area contributed by atoms with Crippen LogP contribution in [0.1, 0.15) is 16.9 Å². The van der Waals surface area contributed by atoms with Crippen molar-refractivity contribution in [3.05, 3.63) is 82.6 Å². The highest BCUT2D eigenvalue weighted by Gasteiger charge is 2.16. The maximum absolute atomic E-state index is 12.5. The second-order valence-electron chi connectivity index (χ2n) is 7.28. The predicted molar refractivity (Wildman–Crippen MR) is 133 cm³/mol. The highest BCUT2D eigenvalue weighted by atomic mass is 35.5. The average molecular weight is 494 g/mol. The smallest absolute Gasteiger partial charge is 0.267 e. The molecule has 1 heterocycles. The van der Waals surface area contributed by atoms with Crippen molar-refractivity contribution in [3.8, 4) is 23.3 Å². The number of hydrogen-bond donors (Lipinski definition) is 1. The van der Waals surface area contributed by atoms with E-state index in [2.05, 4.69) is 17.1 Å². The Kier molecular flexibility index (Phi) is 8.93. The molecular formula is C26H24ClN3O5. The van der Waals surface area contributed by atoms with Crippen LogP contribution in [0.4, 0.5) is 5.82 Å². The van der Waals surface area contributed by atoms with Crippen LogP contribution >= 0.6 is 11.6 Å². The van der Waals surface area contributed by atoms with Crippen molar-refractivity contribution >= 4 is 29.4 Å². The molecule has 3 aromatic rings. The molecule has 0 fully saturated rings. The van der Waals surface area contributed by atoms with Gasteiger partial charge >= 0.3 is 0 Å². The molecule has 3 rings (SSSR count). The third-order valence-electron chi connectivity index (χ3n) is 4.71. The Hall–Kier alpha value is -4.22. The second-order valence-corrected chi connectivity index (χ2v) is 7.69. The number of halogens is 1. The third-order valence-corrected chi connectivity index (χ3v) is 5.02. The first-order valence-corrected chi connectivity index (χ1v) is 11.0. The number of carbonyl (C=O) groups excluding carboxylic acids is 1. The Morgan fingerprint density at radius 1 is 1.23 bits per heavy atom. The van der Waals surface area contributed by atoms with Gasteiger partial charge in [0.1, 0.15) is 36.4 Å². The van der Waals surface area contributed by atoms with Crippen molar-refractivity contribution in [2.45, 2.75) is 13.3 Å². The molecule has 0 saturated carbocycles. The van der Waals surface area contributed by atoms with Gasteiger partial charge in [0.05, 0.1) is 12.1 Å². The molecule has 0 atom stereocenters. The molecule has 0 aliphatic rings. The maximum atomic E-state index is 12.5. The van der Waals surface area contributed by atoms with Gasteiger partial charge in [0, 0.05) is 11.6 Å². The summed E-state index contributed by atoms with van der Waals surface area (Å²) in [5.41, 5.74) is 1.24. The van der Waals surface area contributed by atoms with Gasteiger partial charge in [-0.15, -0.1) is 6.58 Å². The molecule has 0 saturated heterocycles. The van der Waals surface area contributed by atoms with E-state index in [1.165, 1.54) is 13.2 Å².